The van der Waals surface area contributed by atoms with Gasteiger partial charge in [-0.3, -0.25) is 4.99 Å². The molecule has 8 aromatic carbocycles. The van der Waals surface area contributed by atoms with Crippen LogP contribution in [0.4, 0.5) is 11.4 Å². The van der Waals surface area contributed by atoms with Crippen molar-refractivity contribution < 1.29 is 33.9 Å². The average Bonchev–Trinajstić information content (AvgIpc) is 3.60. The topological polar surface area (TPSA) is 149 Å². The van der Waals surface area contributed by atoms with E-state index in [-0.39, 0.29) is 13.2 Å². The lowest BCUT2D eigenvalue weighted by Crippen LogP contribution is -2.38. The van der Waals surface area contributed by atoms with Gasteiger partial charge in [0.25, 0.3) is 0 Å². The fourth-order valence-corrected chi connectivity index (χ4v) is 9.05. The number of aliphatic hydroxyl groups is 2. The summed E-state index contributed by atoms with van der Waals surface area (Å²) < 4.78 is 30.2. The number of nitrogens with zero attached hydrogens (tertiary/aromatic N) is 4. The van der Waals surface area contributed by atoms with Crippen molar-refractivity contribution in [2.45, 2.75) is 53.1 Å². The number of methoxy groups -OCH3 is 1. The minimum atomic E-state index is 0.0568. The molecular weight excluding hydrogens is 1010 g/mol. The fraction of sp³-hybridized carbons (Fsp3) is 0.250. The molecule has 1 heterocycles. The minimum absolute atomic E-state index is 0.0568. The summed E-state index contributed by atoms with van der Waals surface area (Å²) in [5.74, 6) is 4.10. The maximum absolute atomic E-state index is 9.62. The average molecular weight is 1090 g/mol. The van der Waals surface area contributed by atoms with E-state index in [4.69, 9.17) is 52.7 Å². The van der Waals surface area contributed by atoms with E-state index < -0.39 is 0 Å². The van der Waals surface area contributed by atoms with Gasteiger partial charge in [0.15, 0.2) is 22.9 Å². The molecule has 0 fully saturated rings. The first-order valence-electron chi connectivity index (χ1n) is 27.2. The highest BCUT2D eigenvalue weighted by atomic mass is 16.5. The highest BCUT2D eigenvalue weighted by Gasteiger charge is 2.22. The Kier molecular flexibility index (Phi) is 23.7. The van der Waals surface area contributed by atoms with E-state index in [1.165, 1.54) is 33.4 Å². The molecule has 8 aromatic rings. The molecular formula is C68H72N6O7. The molecule has 416 valence electrons. The molecule has 1 aliphatic rings. The standard InChI is InChI=1S/C34H33N3O3.C29H25NO3.C5H14N2O/c1-25-28(12-7-14-31(25)27-10-4-3-5-11-27)24-39-30-15-16-32(34-36-17-8-18-37(34)19-20-38)33(22-30)40-23-26-9-6-13-29(21-26)35-2;1-21-24(12-8-14-27(21)23-10-5-4-6-11-23)20-32-26-15-16-28(31-3)29(18-26)33-19-22-9-7-13-25(17-22)30-2;6-2-1-3-7-4-5-8/h3-7,9-16,21-22,38H,8,17-20,23-24H2,1H3;4-18H,19-20H2,1,3H3;7-8H,1-6H2. The number of hydrogen-bond donors (Lipinski definition) is 4. The molecule has 0 atom stereocenters. The quantitative estimate of drug-likeness (QED) is 0.0360. The molecule has 13 nitrogen and oxygen atoms in total. The SMILES string of the molecule is NCCCNCCO.[C-]#[N+]c1cccc(COc2cc(OCc3cccc(-c4ccccc4)c3C)ccc2C2=NCCCN2CCO)c1.[C-]#[N+]c1cccc(COc2cc(OCc3cccc(-c4ccccc4)c3C)ccc2OC)c1. The second kappa shape index (κ2) is 32.2. The minimum Gasteiger partial charge on any atom is -0.493 e. The normalized spacial score (nSPS) is 11.6. The maximum atomic E-state index is 9.62. The van der Waals surface area contributed by atoms with Crippen molar-refractivity contribution in [2.24, 2.45) is 10.7 Å². The van der Waals surface area contributed by atoms with Crippen LogP contribution in [0.5, 0.6) is 28.7 Å². The molecule has 0 unspecified atom stereocenters. The van der Waals surface area contributed by atoms with Gasteiger partial charge >= 0.3 is 0 Å². The van der Waals surface area contributed by atoms with Gasteiger partial charge in [0.2, 0.25) is 0 Å². The third-order valence-corrected chi connectivity index (χ3v) is 13.4. The lowest BCUT2D eigenvalue weighted by atomic mass is 9.97. The number of nitrogens with two attached hydrogens (primary N) is 1. The number of hydrogen-bond acceptors (Lipinski definition) is 11. The molecule has 81 heavy (non-hydrogen) atoms. The zero-order valence-corrected chi connectivity index (χ0v) is 46.5. The zero-order valence-electron chi connectivity index (χ0n) is 46.5. The van der Waals surface area contributed by atoms with E-state index in [2.05, 4.69) is 119 Å². The van der Waals surface area contributed by atoms with Crippen molar-refractivity contribution in [3.63, 3.8) is 0 Å². The van der Waals surface area contributed by atoms with Gasteiger partial charge in [-0.05, 0) is 132 Å². The fourth-order valence-electron chi connectivity index (χ4n) is 9.05. The number of aliphatic imine (C=N–C) groups is 1. The molecule has 13 heteroatoms. The molecule has 0 aromatic heterocycles. The first-order valence-corrected chi connectivity index (χ1v) is 27.2. The number of ether oxygens (including phenoxy) is 5. The van der Waals surface area contributed by atoms with Crippen LogP contribution in [0.2, 0.25) is 0 Å². The molecule has 0 spiro atoms. The molecule has 0 radical (unpaired) electrons. The van der Waals surface area contributed by atoms with Crippen LogP contribution >= 0.6 is 0 Å². The Morgan fingerprint density at radius 1 is 0.556 bits per heavy atom. The van der Waals surface area contributed by atoms with Crippen LogP contribution < -0.4 is 34.7 Å². The molecule has 0 saturated heterocycles. The Morgan fingerprint density at radius 2 is 1.10 bits per heavy atom. The van der Waals surface area contributed by atoms with Crippen molar-refractivity contribution in [2.75, 3.05) is 59.6 Å². The number of nitrogens with one attached hydrogen (secondary N) is 1. The Labute approximate surface area is 477 Å². The first kappa shape index (κ1) is 59.7. The van der Waals surface area contributed by atoms with E-state index in [0.717, 1.165) is 72.7 Å². The maximum Gasteiger partial charge on any atom is 0.187 e. The van der Waals surface area contributed by atoms with Gasteiger partial charge in [-0.25, -0.2) is 9.69 Å². The predicted molar refractivity (Wildman–Crippen MR) is 324 cm³/mol. The van der Waals surface area contributed by atoms with Crippen molar-refractivity contribution in [1.29, 1.82) is 0 Å². The van der Waals surface area contributed by atoms with E-state index in [1.54, 1.807) is 19.2 Å². The highest BCUT2D eigenvalue weighted by molar-refractivity contribution is 6.01. The molecule has 0 amide bonds. The van der Waals surface area contributed by atoms with Gasteiger partial charge in [-0.15, -0.1) is 0 Å². The summed E-state index contributed by atoms with van der Waals surface area (Å²) in [4.78, 5) is 13.9. The monoisotopic (exact) mass is 1080 g/mol. The van der Waals surface area contributed by atoms with Crippen LogP contribution in [0, 0.1) is 27.0 Å². The number of amidine groups is 1. The largest absolute Gasteiger partial charge is 0.493 e. The van der Waals surface area contributed by atoms with Gasteiger partial charge in [0.05, 0.1) is 39.0 Å². The van der Waals surface area contributed by atoms with Crippen LogP contribution in [0.25, 0.3) is 31.9 Å². The van der Waals surface area contributed by atoms with Gasteiger partial charge in [-0.1, -0.05) is 133 Å². The van der Waals surface area contributed by atoms with Crippen molar-refractivity contribution in [1.82, 2.24) is 10.2 Å². The molecule has 0 aliphatic carbocycles. The van der Waals surface area contributed by atoms with Crippen LogP contribution in [0.15, 0.2) is 187 Å². The molecule has 5 N–H and O–H groups in total. The van der Waals surface area contributed by atoms with Crippen molar-refractivity contribution >= 4 is 17.2 Å². The number of rotatable bonds is 23. The van der Waals surface area contributed by atoms with E-state index in [1.807, 2.05) is 84.9 Å². The predicted octanol–water partition coefficient (Wildman–Crippen LogP) is 13.1. The second-order valence-electron chi connectivity index (χ2n) is 19.0. The third kappa shape index (κ3) is 17.8. The third-order valence-electron chi connectivity index (χ3n) is 13.4. The summed E-state index contributed by atoms with van der Waals surface area (Å²) in [6, 6.07) is 59.6. The van der Waals surface area contributed by atoms with Gasteiger partial charge in [-0.2, -0.15) is 0 Å². The lowest BCUT2D eigenvalue weighted by molar-refractivity contribution is 0.244. The van der Waals surface area contributed by atoms with Crippen molar-refractivity contribution in [3.8, 4) is 51.0 Å². The summed E-state index contributed by atoms with van der Waals surface area (Å²) in [6.45, 7) is 24.9. The number of β-amino-alcohol motifs (C(OH)–C–C–N with tert-alkyl or cyclic N) is 1. The zero-order chi connectivity index (χ0) is 57.0. The Bertz CT molecular complexity index is 3350. The van der Waals surface area contributed by atoms with Crippen LogP contribution in [-0.4, -0.2) is 80.5 Å². The van der Waals surface area contributed by atoms with Crippen LogP contribution in [0.1, 0.15) is 51.8 Å². The number of benzene rings is 8. The molecule has 9 rings (SSSR count). The van der Waals surface area contributed by atoms with E-state index in [0.29, 0.717) is 79.6 Å². The van der Waals surface area contributed by atoms with Gasteiger partial charge in [0, 0.05) is 38.3 Å². The van der Waals surface area contributed by atoms with Gasteiger partial charge in [0.1, 0.15) is 49.5 Å². The van der Waals surface area contributed by atoms with E-state index >= 15 is 0 Å². The first-order chi connectivity index (χ1) is 39.7. The number of aliphatic hydroxyl groups excluding tert-OH is 2. The van der Waals surface area contributed by atoms with Crippen molar-refractivity contribution in [3.05, 3.63) is 244 Å². The molecule has 0 saturated carbocycles. The summed E-state index contributed by atoms with van der Waals surface area (Å²) in [5, 5.41) is 20.9. The Hall–Kier alpha value is -8.95. The highest BCUT2D eigenvalue weighted by Crippen LogP contribution is 2.35. The summed E-state index contributed by atoms with van der Waals surface area (Å²) in [6.07, 6.45) is 1.94. The Balaban J connectivity index is 0.000000209. The van der Waals surface area contributed by atoms with E-state index in [9.17, 15) is 5.11 Å². The van der Waals surface area contributed by atoms with Crippen LogP contribution in [0.3, 0.4) is 0 Å². The van der Waals surface area contributed by atoms with Crippen LogP contribution in [-0.2, 0) is 26.4 Å². The smallest absolute Gasteiger partial charge is 0.187 e. The molecule has 1 aliphatic heterocycles. The second-order valence-corrected chi connectivity index (χ2v) is 19.0. The summed E-state index contributed by atoms with van der Waals surface area (Å²) >= 11 is 0. The lowest BCUT2D eigenvalue weighted by Gasteiger charge is -2.30. The van der Waals surface area contributed by atoms with Gasteiger partial charge < -0.3 is 49.8 Å². The molecule has 0 bridgehead atoms. The summed E-state index contributed by atoms with van der Waals surface area (Å²) in [5.41, 5.74) is 18.5. The summed E-state index contributed by atoms with van der Waals surface area (Å²) in [7, 11) is 1.61. The Morgan fingerprint density at radius 3 is 1.63 bits per heavy atom.